The Hall–Kier alpha value is -2.54. The third kappa shape index (κ3) is 2.53. The first-order valence-corrected chi connectivity index (χ1v) is 8.86. The van der Waals surface area contributed by atoms with E-state index >= 15 is 0 Å². The summed E-state index contributed by atoms with van der Waals surface area (Å²) in [5.41, 5.74) is 3.74. The van der Waals surface area contributed by atoms with Crippen LogP contribution in [-0.2, 0) is 22.9 Å². The van der Waals surface area contributed by atoms with Gasteiger partial charge in [0, 0.05) is 5.69 Å². The molecule has 3 N–H and O–H groups in total. The van der Waals surface area contributed by atoms with Gasteiger partial charge in [0.25, 0.3) is 10.0 Å². The average Bonchev–Trinajstić information content (AvgIpc) is 3.10. The van der Waals surface area contributed by atoms with Gasteiger partial charge in [-0.05, 0) is 60.7 Å². The third-order valence-electron chi connectivity index (χ3n) is 4.15. The van der Waals surface area contributed by atoms with Gasteiger partial charge >= 0.3 is 5.69 Å². The highest BCUT2D eigenvalue weighted by Gasteiger charge is 2.17. The average molecular weight is 329 g/mol. The third-order valence-corrected chi connectivity index (χ3v) is 5.53. The minimum atomic E-state index is -3.70. The Bertz CT molecular complexity index is 1060. The second-order valence-electron chi connectivity index (χ2n) is 5.73. The Labute approximate surface area is 132 Å². The number of fused-ring (bicyclic) bond motifs is 2. The predicted octanol–water partition coefficient (Wildman–Crippen LogP) is 2.15. The number of imidazole rings is 1. The molecule has 23 heavy (non-hydrogen) atoms. The molecule has 0 unspecified atom stereocenters. The minimum absolute atomic E-state index is 0.112. The van der Waals surface area contributed by atoms with E-state index in [-0.39, 0.29) is 10.6 Å². The molecule has 0 saturated carbocycles. The largest absolute Gasteiger partial charge is 0.323 e. The molecule has 118 valence electrons. The lowest BCUT2D eigenvalue weighted by molar-refractivity contribution is 0.601. The van der Waals surface area contributed by atoms with Crippen LogP contribution in [0.15, 0.2) is 46.1 Å². The van der Waals surface area contributed by atoms with Gasteiger partial charge in [0.2, 0.25) is 0 Å². The molecule has 1 aliphatic carbocycles. The van der Waals surface area contributed by atoms with Crippen molar-refractivity contribution in [3.8, 4) is 0 Å². The monoisotopic (exact) mass is 329 g/mol. The van der Waals surface area contributed by atoms with Crippen molar-refractivity contribution in [2.45, 2.75) is 24.2 Å². The van der Waals surface area contributed by atoms with Crippen LogP contribution in [0.3, 0.4) is 0 Å². The molecule has 0 bridgehead atoms. The molecule has 0 amide bonds. The van der Waals surface area contributed by atoms with Gasteiger partial charge in [-0.25, -0.2) is 13.2 Å². The van der Waals surface area contributed by atoms with Crippen LogP contribution in [-0.4, -0.2) is 18.4 Å². The predicted molar refractivity (Wildman–Crippen MR) is 88.2 cm³/mol. The van der Waals surface area contributed by atoms with E-state index in [2.05, 4.69) is 14.7 Å². The molecule has 0 radical (unpaired) electrons. The molecule has 0 spiro atoms. The Balaban J connectivity index is 1.69. The summed E-state index contributed by atoms with van der Waals surface area (Å²) in [6.45, 7) is 0. The number of sulfonamides is 1. The molecule has 1 heterocycles. The van der Waals surface area contributed by atoms with E-state index in [0.29, 0.717) is 16.7 Å². The van der Waals surface area contributed by atoms with E-state index in [4.69, 9.17) is 0 Å². The molecule has 0 aliphatic heterocycles. The van der Waals surface area contributed by atoms with Crippen LogP contribution in [0.4, 0.5) is 5.69 Å². The van der Waals surface area contributed by atoms with Crippen molar-refractivity contribution in [1.82, 2.24) is 9.97 Å². The zero-order valence-electron chi connectivity index (χ0n) is 12.2. The van der Waals surface area contributed by atoms with Crippen LogP contribution in [0.5, 0.6) is 0 Å². The molecule has 0 fully saturated rings. The Morgan fingerprint density at radius 1 is 0.913 bits per heavy atom. The van der Waals surface area contributed by atoms with Crippen LogP contribution < -0.4 is 10.4 Å². The first-order chi connectivity index (χ1) is 11.0. The highest BCUT2D eigenvalue weighted by molar-refractivity contribution is 7.92. The molecule has 4 rings (SSSR count). The van der Waals surface area contributed by atoms with E-state index in [1.54, 1.807) is 12.1 Å². The SMILES string of the molecule is O=c1[nH]c2ccc(S(=O)(=O)Nc3ccc4c(c3)CCC4)cc2[nH]1. The first-order valence-electron chi connectivity index (χ1n) is 7.38. The molecule has 0 atom stereocenters. The van der Waals surface area contributed by atoms with E-state index in [0.717, 1.165) is 19.3 Å². The van der Waals surface area contributed by atoms with Gasteiger partial charge in [0.15, 0.2) is 0 Å². The van der Waals surface area contributed by atoms with E-state index in [9.17, 15) is 13.2 Å². The maximum Gasteiger partial charge on any atom is 0.323 e. The van der Waals surface area contributed by atoms with Crippen LogP contribution >= 0.6 is 0 Å². The highest BCUT2D eigenvalue weighted by atomic mass is 32.2. The summed E-state index contributed by atoms with van der Waals surface area (Å²) in [5.74, 6) is 0. The summed E-state index contributed by atoms with van der Waals surface area (Å²) >= 11 is 0. The number of rotatable bonds is 3. The normalized spacial score (nSPS) is 14.1. The standard InChI is InChI=1S/C16H15N3O3S/c20-16-17-14-7-6-13(9-15(14)18-16)23(21,22)19-12-5-4-10-2-1-3-11(10)8-12/h4-9,19H,1-3H2,(H2,17,18,20). The van der Waals surface area contributed by atoms with Crippen molar-refractivity contribution < 1.29 is 8.42 Å². The number of H-pyrrole nitrogens is 2. The number of nitrogens with one attached hydrogen (secondary N) is 3. The van der Waals surface area contributed by atoms with Crippen LogP contribution in [0.2, 0.25) is 0 Å². The van der Waals surface area contributed by atoms with Crippen LogP contribution in [0.1, 0.15) is 17.5 Å². The summed E-state index contributed by atoms with van der Waals surface area (Å²) in [6, 6.07) is 10.2. The van der Waals surface area contributed by atoms with Crippen molar-refractivity contribution in [3.63, 3.8) is 0 Å². The number of anilines is 1. The molecule has 3 aromatic rings. The van der Waals surface area contributed by atoms with Crippen molar-refractivity contribution in [3.05, 3.63) is 58.0 Å². The number of aryl methyl sites for hydroxylation is 2. The molecular formula is C16H15N3O3S. The molecule has 1 aliphatic rings. The van der Waals surface area contributed by atoms with Gasteiger partial charge in [0.1, 0.15) is 0 Å². The summed E-state index contributed by atoms with van der Waals surface area (Å²) < 4.78 is 27.7. The highest BCUT2D eigenvalue weighted by Crippen LogP contribution is 2.26. The maximum atomic E-state index is 12.5. The first kappa shape index (κ1) is 14.1. The van der Waals surface area contributed by atoms with Crippen LogP contribution in [0.25, 0.3) is 11.0 Å². The van der Waals surface area contributed by atoms with E-state index in [1.165, 1.54) is 23.3 Å². The lowest BCUT2D eigenvalue weighted by Gasteiger charge is -2.10. The van der Waals surface area contributed by atoms with E-state index in [1.807, 2.05) is 12.1 Å². The molecule has 6 nitrogen and oxygen atoms in total. The Kier molecular flexibility index (Phi) is 3.05. The van der Waals surface area contributed by atoms with Gasteiger partial charge < -0.3 is 9.97 Å². The fourth-order valence-corrected chi connectivity index (χ4v) is 4.10. The zero-order chi connectivity index (χ0) is 16.0. The van der Waals surface area contributed by atoms with Crippen molar-refractivity contribution in [2.75, 3.05) is 4.72 Å². The molecule has 2 aromatic carbocycles. The molecule has 0 saturated heterocycles. The number of hydrogen-bond acceptors (Lipinski definition) is 3. The Morgan fingerprint density at radius 3 is 2.57 bits per heavy atom. The van der Waals surface area contributed by atoms with Gasteiger partial charge in [-0.1, -0.05) is 6.07 Å². The zero-order valence-corrected chi connectivity index (χ0v) is 13.0. The molecule has 7 heteroatoms. The second kappa shape index (κ2) is 4.99. The number of aromatic amines is 2. The van der Waals surface area contributed by atoms with Gasteiger partial charge in [0.05, 0.1) is 15.9 Å². The van der Waals surface area contributed by atoms with Crippen LogP contribution in [0, 0.1) is 0 Å². The summed E-state index contributed by atoms with van der Waals surface area (Å²) in [7, 11) is -3.70. The maximum absolute atomic E-state index is 12.5. The fourth-order valence-electron chi connectivity index (χ4n) is 3.03. The lowest BCUT2D eigenvalue weighted by atomic mass is 10.1. The topological polar surface area (TPSA) is 94.8 Å². The fraction of sp³-hybridized carbons (Fsp3) is 0.188. The summed E-state index contributed by atoms with van der Waals surface area (Å²) in [4.78, 5) is 16.5. The molecule has 1 aromatic heterocycles. The van der Waals surface area contributed by atoms with Gasteiger partial charge in [-0.2, -0.15) is 0 Å². The number of hydrogen-bond donors (Lipinski definition) is 3. The van der Waals surface area contributed by atoms with Crippen molar-refractivity contribution in [1.29, 1.82) is 0 Å². The Morgan fingerprint density at radius 2 is 1.70 bits per heavy atom. The van der Waals surface area contributed by atoms with Crippen molar-refractivity contribution >= 4 is 26.7 Å². The second-order valence-corrected chi connectivity index (χ2v) is 7.41. The molecular weight excluding hydrogens is 314 g/mol. The number of benzene rings is 2. The van der Waals surface area contributed by atoms with Crippen molar-refractivity contribution in [2.24, 2.45) is 0 Å². The number of aromatic nitrogens is 2. The van der Waals surface area contributed by atoms with E-state index < -0.39 is 10.0 Å². The van der Waals surface area contributed by atoms with Gasteiger partial charge in [-0.3, -0.25) is 4.72 Å². The van der Waals surface area contributed by atoms with Gasteiger partial charge in [-0.15, -0.1) is 0 Å². The summed E-state index contributed by atoms with van der Waals surface area (Å²) in [5, 5.41) is 0. The summed E-state index contributed by atoms with van der Waals surface area (Å²) in [6.07, 6.45) is 3.16. The quantitative estimate of drug-likeness (QED) is 0.687. The lowest BCUT2D eigenvalue weighted by Crippen LogP contribution is -2.13. The minimum Gasteiger partial charge on any atom is -0.306 e. The smallest absolute Gasteiger partial charge is 0.306 e.